The first-order valence-electron chi connectivity index (χ1n) is 6.16. The smallest absolute Gasteiger partial charge is 0.329 e. The van der Waals surface area contributed by atoms with Gasteiger partial charge in [0.1, 0.15) is 6.04 Å². The number of halogens is 2. The first-order valence-corrected chi connectivity index (χ1v) is 6.16. The van der Waals surface area contributed by atoms with E-state index in [9.17, 15) is 23.2 Å². The van der Waals surface area contributed by atoms with E-state index in [1.165, 1.54) is 6.07 Å². The lowest BCUT2D eigenvalue weighted by Gasteiger charge is -2.10. The van der Waals surface area contributed by atoms with Crippen LogP contribution in [0.1, 0.15) is 12.8 Å². The van der Waals surface area contributed by atoms with Crippen LogP contribution in [-0.2, 0) is 19.1 Å². The van der Waals surface area contributed by atoms with Gasteiger partial charge in [0.05, 0.1) is 0 Å². The third kappa shape index (κ3) is 3.98. The molecule has 1 aliphatic rings. The van der Waals surface area contributed by atoms with E-state index in [1.54, 1.807) is 0 Å². The van der Waals surface area contributed by atoms with Crippen molar-refractivity contribution in [1.82, 2.24) is 5.32 Å². The van der Waals surface area contributed by atoms with Gasteiger partial charge in [0.25, 0.3) is 5.91 Å². The lowest BCUT2D eigenvalue weighted by atomic mass is 10.2. The Morgan fingerprint density at radius 1 is 1.33 bits per heavy atom. The van der Waals surface area contributed by atoms with Crippen LogP contribution in [0.3, 0.4) is 0 Å². The predicted octanol–water partition coefficient (Wildman–Crippen LogP) is 0.725. The molecule has 0 unspecified atom stereocenters. The molecule has 1 heterocycles. The third-order valence-corrected chi connectivity index (χ3v) is 2.83. The molecule has 1 aromatic rings. The predicted molar refractivity (Wildman–Crippen MR) is 67.1 cm³/mol. The maximum absolute atomic E-state index is 12.9. The molecule has 1 atom stereocenters. The number of rotatable bonds is 4. The number of amides is 2. The van der Waals surface area contributed by atoms with Crippen molar-refractivity contribution in [2.75, 3.05) is 11.9 Å². The molecule has 0 aliphatic carbocycles. The van der Waals surface area contributed by atoms with Gasteiger partial charge in [0.2, 0.25) is 5.91 Å². The molecule has 1 aliphatic heterocycles. The molecule has 2 rings (SSSR count). The molecule has 112 valence electrons. The Hall–Kier alpha value is -2.51. The molecule has 0 bridgehead atoms. The number of hydrogen-bond donors (Lipinski definition) is 2. The van der Waals surface area contributed by atoms with E-state index in [4.69, 9.17) is 4.74 Å². The monoisotopic (exact) mass is 298 g/mol. The van der Waals surface area contributed by atoms with Crippen LogP contribution in [0, 0.1) is 11.6 Å². The third-order valence-electron chi connectivity index (χ3n) is 2.83. The second-order valence-electron chi connectivity index (χ2n) is 4.44. The van der Waals surface area contributed by atoms with E-state index in [1.807, 2.05) is 0 Å². The van der Waals surface area contributed by atoms with Crippen molar-refractivity contribution < 1.29 is 27.9 Å². The first kappa shape index (κ1) is 14.9. The fraction of sp³-hybridized carbons (Fsp3) is 0.308. The highest BCUT2D eigenvalue weighted by Crippen LogP contribution is 2.13. The molecule has 0 radical (unpaired) electrons. The van der Waals surface area contributed by atoms with Crippen LogP contribution < -0.4 is 10.6 Å². The van der Waals surface area contributed by atoms with E-state index >= 15 is 0 Å². The summed E-state index contributed by atoms with van der Waals surface area (Å²) in [6.45, 7) is -0.579. The van der Waals surface area contributed by atoms with Gasteiger partial charge < -0.3 is 15.4 Å². The van der Waals surface area contributed by atoms with Crippen molar-refractivity contribution in [3.63, 3.8) is 0 Å². The Balaban J connectivity index is 1.80. The Morgan fingerprint density at radius 2 is 2.10 bits per heavy atom. The molecule has 8 heteroatoms. The van der Waals surface area contributed by atoms with Gasteiger partial charge in [-0.1, -0.05) is 0 Å². The minimum Gasteiger partial charge on any atom is -0.454 e. The number of esters is 1. The van der Waals surface area contributed by atoms with Crippen LogP contribution in [0.25, 0.3) is 0 Å². The summed E-state index contributed by atoms with van der Waals surface area (Å²) < 4.78 is 30.4. The SMILES string of the molecule is O=C(COC(=O)[C@@H]1CCC(=O)N1)Nc1ccc(F)c(F)c1. The molecule has 1 saturated heterocycles. The summed E-state index contributed by atoms with van der Waals surface area (Å²) in [5.74, 6) is -3.78. The van der Waals surface area contributed by atoms with Gasteiger partial charge in [0, 0.05) is 18.2 Å². The molecule has 0 saturated carbocycles. The topological polar surface area (TPSA) is 84.5 Å². The van der Waals surface area contributed by atoms with Crippen molar-refractivity contribution in [2.45, 2.75) is 18.9 Å². The van der Waals surface area contributed by atoms with Gasteiger partial charge in [-0.25, -0.2) is 13.6 Å². The van der Waals surface area contributed by atoms with Crippen LogP contribution in [0.5, 0.6) is 0 Å². The molecular formula is C13H12F2N2O4. The van der Waals surface area contributed by atoms with Gasteiger partial charge in [-0.2, -0.15) is 0 Å². The number of carbonyl (C=O) groups excluding carboxylic acids is 3. The standard InChI is InChI=1S/C13H12F2N2O4/c14-8-2-1-7(5-9(8)15)16-12(19)6-21-13(20)10-3-4-11(18)17-10/h1-2,5,10H,3-4,6H2,(H,16,19)(H,17,18)/t10-/m0/s1. The molecule has 1 aromatic carbocycles. The lowest BCUT2D eigenvalue weighted by Crippen LogP contribution is -2.36. The highest BCUT2D eigenvalue weighted by molar-refractivity contribution is 5.94. The summed E-state index contributed by atoms with van der Waals surface area (Å²) in [6.07, 6.45) is 0.559. The number of carbonyl (C=O) groups is 3. The summed E-state index contributed by atoms with van der Waals surface area (Å²) in [7, 11) is 0. The number of hydrogen-bond acceptors (Lipinski definition) is 4. The van der Waals surface area contributed by atoms with Gasteiger partial charge in [-0.15, -0.1) is 0 Å². The van der Waals surface area contributed by atoms with Gasteiger partial charge in [0.15, 0.2) is 18.2 Å². The van der Waals surface area contributed by atoms with Gasteiger partial charge in [-0.05, 0) is 18.6 Å². The Morgan fingerprint density at radius 3 is 2.71 bits per heavy atom. The molecule has 2 amide bonds. The zero-order valence-corrected chi connectivity index (χ0v) is 10.8. The zero-order valence-electron chi connectivity index (χ0n) is 10.8. The molecule has 2 N–H and O–H groups in total. The van der Waals surface area contributed by atoms with Crippen molar-refractivity contribution in [3.05, 3.63) is 29.8 Å². The largest absolute Gasteiger partial charge is 0.454 e. The maximum Gasteiger partial charge on any atom is 0.329 e. The van der Waals surface area contributed by atoms with Crippen molar-refractivity contribution in [1.29, 1.82) is 0 Å². The van der Waals surface area contributed by atoms with Crippen LogP contribution >= 0.6 is 0 Å². The van der Waals surface area contributed by atoms with Gasteiger partial charge in [-0.3, -0.25) is 9.59 Å². The van der Waals surface area contributed by atoms with Crippen molar-refractivity contribution >= 4 is 23.5 Å². The maximum atomic E-state index is 12.9. The fourth-order valence-electron chi connectivity index (χ4n) is 1.80. The van der Waals surface area contributed by atoms with E-state index in [-0.39, 0.29) is 18.0 Å². The van der Waals surface area contributed by atoms with Crippen molar-refractivity contribution in [3.8, 4) is 0 Å². The van der Waals surface area contributed by atoms with E-state index < -0.39 is 36.2 Å². The molecule has 1 fully saturated rings. The molecular weight excluding hydrogens is 286 g/mol. The quantitative estimate of drug-likeness (QED) is 0.802. The Bertz CT molecular complexity index is 592. The Labute approximate surface area is 118 Å². The summed E-state index contributed by atoms with van der Waals surface area (Å²) in [5.41, 5.74) is 0.0455. The fourth-order valence-corrected chi connectivity index (χ4v) is 1.80. The highest BCUT2D eigenvalue weighted by Gasteiger charge is 2.28. The average Bonchev–Trinajstić information content (AvgIpc) is 2.87. The van der Waals surface area contributed by atoms with E-state index in [0.29, 0.717) is 6.42 Å². The number of anilines is 1. The molecule has 0 aromatic heterocycles. The number of nitrogens with one attached hydrogen (secondary N) is 2. The van der Waals surface area contributed by atoms with E-state index in [0.717, 1.165) is 12.1 Å². The molecule has 0 spiro atoms. The van der Waals surface area contributed by atoms with Crippen LogP contribution in [0.15, 0.2) is 18.2 Å². The van der Waals surface area contributed by atoms with Gasteiger partial charge >= 0.3 is 5.97 Å². The molecule has 21 heavy (non-hydrogen) atoms. The van der Waals surface area contributed by atoms with Crippen LogP contribution in [0.2, 0.25) is 0 Å². The number of ether oxygens (including phenoxy) is 1. The minimum atomic E-state index is -1.10. The normalized spacial score (nSPS) is 17.2. The van der Waals surface area contributed by atoms with Crippen molar-refractivity contribution in [2.24, 2.45) is 0 Å². The summed E-state index contributed by atoms with van der Waals surface area (Å²) in [6, 6.07) is 2.11. The first-order chi connectivity index (χ1) is 9.95. The second-order valence-corrected chi connectivity index (χ2v) is 4.44. The summed E-state index contributed by atoms with van der Waals surface area (Å²) >= 11 is 0. The minimum absolute atomic E-state index is 0.0455. The second kappa shape index (κ2) is 6.29. The average molecular weight is 298 g/mol. The van der Waals surface area contributed by atoms with E-state index in [2.05, 4.69) is 10.6 Å². The molecule has 6 nitrogen and oxygen atoms in total. The highest BCUT2D eigenvalue weighted by atomic mass is 19.2. The Kier molecular flexibility index (Phi) is 4.46. The lowest BCUT2D eigenvalue weighted by molar-refractivity contribution is -0.149. The van der Waals surface area contributed by atoms with Crippen LogP contribution in [-0.4, -0.2) is 30.4 Å². The number of benzene rings is 1. The zero-order chi connectivity index (χ0) is 15.4. The summed E-state index contributed by atoms with van der Waals surface area (Å²) in [4.78, 5) is 34.0. The van der Waals surface area contributed by atoms with Crippen LogP contribution in [0.4, 0.5) is 14.5 Å². The summed E-state index contributed by atoms with van der Waals surface area (Å²) in [5, 5.41) is 4.66.